The van der Waals surface area contributed by atoms with Crippen molar-refractivity contribution in [2.45, 2.75) is 13.0 Å². The number of para-hydroxylation sites is 2. The molecule has 1 N–H and O–H groups in total. The molecule has 0 spiro atoms. The van der Waals surface area contributed by atoms with Crippen molar-refractivity contribution in [2.24, 2.45) is 4.99 Å². The highest BCUT2D eigenvalue weighted by Crippen LogP contribution is 2.29. The van der Waals surface area contributed by atoms with Gasteiger partial charge in [0.05, 0.1) is 17.4 Å². The van der Waals surface area contributed by atoms with Crippen molar-refractivity contribution in [3.05, 3.63) is 24.3 Å². The maximum absolute atomic E-state index is 4.52. The van der Waals surface area contributed by atoms with Crippen LogP contribution in [-0.2, 0) is 0 Å². The van der Waals surface area contributed by atoms with Crippen LogP contribution in [0.3, 0.4) is 0 Å². The summed E-state index contributed by atoms with van der Waals surface area (Å²) >= 11 is 3.46. The van der Waals surface area contributed by atoms with E-state index in [1.54, 1.807) is 0 Å². The molecule has 2 rings (SSSR count). The summed E-state index contributed by atoms with van der Waals surface area (Å²) in [6, 6.07) is 8.44. The standard InChI is InChI=1S/C10H11BrN2/c1-7-10(6-11)13-9-5-3-2-4-8(9)12-7/h2-5,10,13H,6H2,1H3. The molecule has 1 aliphatic rings. The van der Waals surface area contributed by atoms with E-state index >= 15 is 0 Å². The van der Waals surface area contributed by atoms with Gasteiger partial charge in [-0.1, -0.05) is 28.1 Å². The van der Waals surface area contributed by atoms with Crippen LogP contribution >= 0.6 is 15.9 Å². The van der Waals surface area contributed by atoms with Crippen LogP contribution in [0.15, 0.2) is 29.3 Å². The first-order valence-corrected chi connectivity index (χ1v) is 5.40. The van der Waals surface area contributed by atoms with E-state index in [0.717, 1.165) is 22.4 Å². The van der Waals surface area contributed by atoms with Gasteiger partial charge in [0.25, 0.3) is 0 Å². The number of benzene rings is 1. The van der Waals surface area contributed by atoms with E-state index in [1.807, 2.05) is 18.2 Å². The van der Waals surface area contributed by atoms with Crippen molar-refractivity contribution in [1.29, 1.82) is 0 Å². The van der Waals surface area contributed by atoms with Gasteiger partial charge >= 0.3 is 0 Å². The van der Waals surface area contributed by atoms with Gasteiger partial charge in [-0.05, 0) is 19.1 Å². The number of alkyl halides is 1. The Morgan fingerprint density at radius 3 is 3.00 bits per heavy atom. The summed E-state index contributed by atoms with van der Waals surface area (Å²) in [4.78, 5) is 4.52. The predicted molar refractivity (Wildman–Crippen MR) is 60.4 cm³/mol. The summed E-state index contributed by atoms with van der Waals surface area (Å²) in [6.07, 6.45) is 0. The number of fused-ring (bicyclic) bond motifs is 1. The van der Waals surface area contributed by atoms with Gasteiger partial charge in [0.15, 0.2) is 0 Å². The maximum Gasteiger partial charge on any atom is 0.0861 e. The molecule has 13 heavy (non-hydrogen) atoms. The Morgan fingerprint density at radius 2 is 2.23 bits per heavy atom. The molecule has 0 saturated carbocycles. The van der Waals surface area contributed by atoms with Gasteiger partial charge in [-0.3, -0.25) is 4.99 Å². The van der Waals surface area contributed by atoms with Crippen LogP contribution in [0.5, 0.6) is 0 Å². The van der Waals surface area contributed by atoms with E-state index in [2.05, 4.69) is 39.2 Å². The SMILES string of the molecule is CC1=Nc2ccccc2NC1CBr. The predicted octanol–water partition coefficient (Wildman–Crippen LogP) is 2.97. The minimum Gasteiger partial charge on any atom is -0.374 e. The van der Waals surface area contributed by atoms with Crippen molar-refractivity contribution in [1.82, 2.24) is 0 Å². The molecular weight excluding hydrogens is 228 g/mol. The van der Waals surface area contributed by atoms with Gasteiger partial charge in [-0.15, -0.1) is 0 Å². The maximum atomic E-state index is 4.52. The van der Waals surface area contributed by atoms with Crippen LogP contribution in [0.1, 0.15) is 6.92 Å². The van der Waals surface area contributed by atoms with Crippen LogP contribution < -0.4 is 5.32 Å². The monoisotopic (exact) mass is 238 g/mol. The molecule has 0 bridgehead atoms. The molecular formula is C10H11BrN2. The van der Waals surface area contributed by atoms with Crippen LogP contribution in [0.4, 0.5) is 11.4 Å². The number of hydrogen-bond donors (Lipinski definition) is 1. The highest BCUT2D eigenvalue weighted by molar-refractivity contribution is 9.09. The second-order valence-electron chi connectivity index (χ2n) is 3.12. The summed E-state index contributed by atoms with van der Waals surface area (Å²) < 4.78 is 0. The third-order valence-corrected chi connectivity index (χ3v) is 2.84. The zero-order valence-corrected chi connectivity index (χ0v) is 9.01. The molecule has 0 aromatic heterocycles. The van der Waals surface area contributed by atoms with Crippen molar-refractivity contribution >= 4 is 33.0 Å². The fourth-order valence-corrected chi connectivity index (χ4v) is 2.03. The number of hydrogen-bond acceptors (Lipinski definition) is 2. The fourth-order valence-electron chi connectivity index (χ4n) is 1.40. The van der Waals surface area contributed by atoms with E-state index in [1.165, 1.54) is 0 Å². The lowest BCUT2D eigenvalue weighted by atomic mass is 10.1. The largest absolute Gasteiger partial charge is 0.374 e. The van der Waals surface area contributed by atoms with Gasteiger partial charge in [-0.25, -0.2) is 0 Å². The minimum absolute atomic E-state index is 0.329. The third-order valence-electron chi connectivity index (χ3n) is 2.19. The quantitative estimate of drug-likeness (QED) is 0.748. The van der Waals surface area contributed by atoms with Crippen LogP contribution in [0, 0.1) is 0 Å². The Balaban J connectivity index is 2.40. The van der Waals surface area contributed by atoms with Gasteiger partial charge in [0.1, 0.15) is 0 Å². The van der Waals surface area contributed by atoms with E-state index in [0.29, 0.717) is 6.04 Å². The Bertz CT molecular complexity index is 347. The second kappa shape index (κ2) is 3.50. The first-order chi connectivity index (χ1) is 6.31. The molecule has 1 unspecified atom stereocenters. The number of aliphatic imine (C=N–C) groups is 1. The number of halogens is 1. The highest BCUT2D eigenvalue weighted by Gasteiger charge is 2.16. The Hall–Kier alpha value is -0.830. The normalized spacial score (nSPS) is 20.2. The number of nitrogens with one attached hydrogen (secondary N) is 1. The number of anilines is 1. The summed E-state index contributed by atoms with van der Waals surface area (Å²) in [5.74, 6) is 0. The van der Waals surface area contributed by atoms with Crippen molar-refractivity contribution in [3.63, 3.8) is 0 Å². The Kier molecular flexibility index (Phi) is 2.36. The Morgan fingerprint density at radius 1 is 1.46 bits per heavy atom. The van der Waals surface area contributed by atoms with Crippen LogP contribution in [0.2, 0.25) is 0 Å². The van der Waals surface area contributed by atoms with Crippen molar-refractivity contribution in [3.8, 4) is 0 Å². The second-order valence-corrected chi connectivity index (χ2v) is 3.77. The van der Waals surface area contributed by atoms with E-state index in [9.17, 15) is 0 Å². The molecule has 1 aromatic carbocycles. The summed E-state index contributed by atoms with van der Waals surface area (Å²) in [5, 5.41) is 4.32. The van der Waals surface area contributed by atoms with Crippen molar-refractivity contribution < 1.29 is 0 Å². The summed E-state index contributed by atoms with van der Waals surface area (Å²) in [6.45, 7) is 2.05. The first kappa shape index (κ1) is 8.75. The smallest absolute Gasteiger partial charge is 0.0861 e. The summed E-state index contributed by atoms with van der Waals surface area (Å²) in [7, 11) is 0. The molecule has 1 heterocycles. The van der Waals surface area contributed by atoms with E-state index in [-0.39, 0.29) is 0 Å². The molecule has 0 saturated heterocycles. The number of rotatable bonds is 1. The average molecular weight is 239 g/mol. The van der Waals surface area contributed by atoms with E-state index < -0.39 is 0 Å². The van der Waals surface area contributed by atoms with Gasteiger partial charge in [0.2, 0.25) is 0 Å². The number of nitrogens with zero attached hydrogens (tertiary/aromatic N) is 1. The van der Waals surface area contributed by atoms with Gasteiger partial charge in [0, 0.05) is 11.0 Å². The van der Waals surface area contributed by atoms with Crippen molar-refractivity contribution in [2.75, 3.05) is 10.6 Å². The molecule has 68 valence electrons. The molecule has 0 fully saturated rings. The fraction of sp³-hybridized carbons (Fsp3) is 0.300. The Labute approximate surface area is 86.2 Å². The highest BCUT2D eigenvalue weighted by atomic mass is 79.9. The average Bonchev–Trinajstić information content (AvgIpc) is 2.17. The molecule has 2 nitrogen and oxygen atoms in total. The van der Waals surface area contributed by atoms with Gasteiger partial charge in [-0.2, -0.15) is 0 Å². The molecule has 0 radical (unpaired) electrons. The summed E-state index contributed by atoms with van der Waals surface area (Å²) in [5.41, 5.74) is 3.30. The lowest BCUT2D eigenvalue weighted by Gasteiger charge is -2.23. The molecule has 0 aliphatic carbocycles. The topological polar surface area (TPSA) is 24.4 Å². The van der Waals surface area contributed by atoms with Crippen LogP contribution in [0.25, 0.3) is 0 Å². The third kappa shape index (κ3) is 1.61. The molecule has 1 aliphatic heterocycles. The first-order valence-electron chi connectivity index (χ1n) is 4.28. The minimum atomic E-state index is 0.329. The van der Waals surface area contributed by atoms with E-state index in [4.69, 9.17) is 0 Å². The molecule has 1 aromatic rings. The molecule has 3 heteroatoms. The molecule has 1 atom stereocenters. The lowest BCUT2D eigenvalue weighted by molar-refractivity contribution is 1.04. The molecule has 0 amide bonds. The van der Waals surface area contributed by atoms with Gasteiger partial charge < -0.3 is 5.32 Å². The zero-order chi connectivity index (χ0) is 9.26. The zero-order valence-electron chi connectivity index (χ0n) is 7.42. The van der Waals surface area contributed by atoms with Crippen LogP contribution in [-0.4, -0.2) is 17.1 Å². The lowest BCUT2D eigenvalue weighted by Crippen LogP contribution is -2.31.